The number of carbonyl (C=O) groups excluding carboxylic acids is 1. The third-order valence-electron chi connectivity index (χ3n) is 7.68. The van der Waals surface area contributed by atoms with Crippen molar-refractivity contribution >= 4 is 27.7 Å². The molecule has 0 unspecified atom stereocenters. The van der Waals surface area contributed by atoms with Crippen LogP contribution in [0.2, 0.25) is 0 Å². The van der Waals surface area contributed by atoms with Crippen LogP contribution in [0.25, 0.3) is 0 Å². The first-order chi connectivity index (χ1) is 18.7. The summed E-state index contributed by atoms with van der Waals surface area (Å²) in [6, 6.07) is 6.68. The van der Waals surface area contributed by atoms with Crippen LogP contribution in [0.3, 0.4) is 0 Å². The van der Waals surface area contributed by atoms with Crippen LogP contribution < -0.4 is 15.5 Å². The molecule has 2 aromatic rings. The topological polar surface area (TPSA) is 108 Å². The van der Waals surface area contributed by atoms with Crippen LogP contribution >= 0.6 is 0 Å². The van der Waals surface area contributed by atoms with E-state index in [9.17, 15) is 13.2 Å². The van der Waals surface area contributed by atoms with Gasteiger partial charge >= 0.3 is 0 Å². The number of aryl methyl sites for hydroxylation is 1. The molecule has 0 spiro atoms. The van der Waals surface area contributed by atoms with Gasteiger partial charge in [0.15, 0.2) is 0 Å². The van der Waals surface area contributed by atoms with E-state index in [-0.39, 0.29) is 22.9 Å². The highest BCUT2D eigenvalue weighted by molar-refractivity contribution is 7.89. The Kier molecular flexibility index (Phi) is 9.82. The summed E-state index contributed by atoms with van der Waals surface area (Å²) in [5, 5.41) is 6.70. The van der Waals surface area contributed by atoms with Crippen LogP contribution in [0.4, 0.5) is 11.8 Å². The number of rotatable bonds is 11. The summed E-state index contributed by atoms with van der Waals surface area (Å²) in [5.74, 6) is 1.56. The fourth-order valence-corrected chi connectivity index (χ4v) is 7.24. The molecule has 10 heteroatoms. The predicted molar refractivity (Wildman–Crippen MR) is 156 cm³/mol. The molecule has 1 fully saturated rings. The number of anilines is 2. The Morgan fingerprint density at radius 3 is 2.15 bits per heavy atom. The van der Waals surface area contributed by atoms with E-state index >= 15 is 0 Å². The van der Waals surface area contributed by atoms with Gasteiger partial charge in [-0.1, -0.05) is 13.8 Å². The molecule has 0 aliphatic heterocycles. The number of carbonyl (C=O) groups is 1. The summed E-state index contributed by atoms with van der Waals surface area (Å²) in [6.07, 6.45) is 9.51. The van der Waals surface area contributed by atoms with E-state index in [0.717, 1.165) is 57.2 Å². The fourth-order valence-electron chi connectivity index (χ4n) is 5.62. The molecule has 2 N–H and O–H groups in total. The fraction of sp³-hybridized carbons (Fsp3) is 0.621. The second kappa shape index (κ2) is 13.1. The summed E-state index contributed by atoms with van der Waals surface area (Å²) in [6.45, 7) is 4.92. The van der Waals surface area contributed by atoms with Crippen molar-refractivity contribution in [3.8, 4) is 0 Å². The first kappa shape index (κ1) is 29.3. The summed E-state index contributed by atoms with van der Waals surface area (Å²) in [4.78, 5) is 24.9. The molecule has 2 aliphatic carbocycles. The van der Waals surface area contributed by atoms with E-state index in [1.54, 1.807) is 24.3 Å². The van der Waals surface area contributed by atoms with E-state index in [1.807, 2.05) is 27.9 Å². The lowest BCUT2D eigenvalue weighted by Crippen LogP contribution is -2.40. The highest BCUT2D eigenvalue weighted by Gasteiger charge is 2.26. The lowest BCUT2D eigenvalue weighted by atomic mass is 9.91. The largest absolute Gasteiger partial charge is 0.362 e. The van der Waals surface area contributed by atoms with Gasteiger partial charge < -0.3 is 15.5 Å². The number of hydrogen-bond donors (Lipinski definition) is 2. The number of nitrogens with zero attached hydrogens (tertiary/aromatic N) is 4. The van der Waals surface area contributed by atoms with Crippen molar-refractivity contribution in [2.24, 2.45) is 0 Å². The van der Waals surface area contributed by atoms with Gasteiger partial charge in [0.05, 0.1) is 10.6 Å². The number of benzene rings is 1. The summed E-state index contributed by atoms with van der Waals surface area (Å²) in [7, 11) is 0.515. The van der Waals surface area contributed by atoms with Crippen molar-refractivity contribution < 1.29 is 13.2 Å². The van der Waals surface area contributed by atoms with E-state index in [4.69, 9.17) is 9.97 Å². The van der Waals surface area contributed by atoms with Crippen molar-refractivity contribution in [2.75, 3.05) is 37.4 Å². The van der Waals surface area contributed by atoms with Gasteiger partial charge in [0.25, 0.3) is 5.91 Å². The molecule has 1 aromatic carbocycles. The maximum absolute atomic E-state index is 13.0. The third kappa shape index (κ3) is 7.08. The molecule has 214 valence electrons. The zero-order valence-corrected chi connectivity index (χ0v) is 24.7. The summed E-state index contributed by atoms with van der Waals surface area (Å²) in [5.41, 5.74) is 2.93. The van der Waals surface area contributed by atoms with E-state index in [0.29, 0.717) is 24.6 Å². The van der Waals surface area contributed by atoms with E-state index < -0.39 is 10.0 Å². The molecule has 0 atom stereocenters. The van der Waals surface area contributed by atoms with Crippen LogP contribution in [0, 0.1) is 0 Å². The van der Waals surface area contributed by atoms with Gasteiger partial charge in [-0.3, -0.25) is 4.79 Å². The Morgan fingerprint density at radius 2 is 1.54 bits per heavy atom. The van der Waals surface area contributed by atoms with Crippen LogP contribution in [0.15, 0.2) is 29.2 Å². The van der Waals surface area contributed by atoms with Crippen LogP contribution in [0.1, 0.15) is 86.8 Å². The number of amides is 1. The lowest BCUT2D eigenvalue weighted by molar-refractivity contribution is 0.0926. The monoisotopic (exact) mass is 556 g/mol. The minimum Gasteiger partial charge on any atom is -0.362 e. The van der Waals surface area contributed by atoms with Crippen LogP contribution in [-0.4, -0.2) is 67.9 Å². The van der Waals surface area contributed by atoms with Gasteiger partial charge in [-0.25, -0.2) is 13.4 Å². The number of sulfonamides is 1. The van der Waals surface area contributed by atoms with E-state index in [1.165, 1.54) is 28.4 Å². The Balaban J connectivity index is 1.32. The Hall–Kier alpha value is -2.72. The molecular formula is C29H44N6O3S. The molecule has 0 radical (unpaired) electrons. The quantitative estimate of drug-likeness (QED) is 0.423. The summed E-state index contributed by atoms with van der Waals surface area (Å²) < 4.78 is 27.5. The predicted octanol–water partition coefficient (Wildman–Crippen LogP) is 4.39. The van der Waals surface area contributed by atoms with Crippen molar-refractivity contribution in [3.05, 3.63) is 41.1 Å². The van der Waals surface area contributed by atoms with Crippen molar-refractivity contribution in [1.29, 1.82) is 0 Å². The number of nitrogens with one attached hydrogen (secondary N) is 2. The van der Waals surface area contributed by atoms with Gasteiger partial charge in [0, 0.05) is 50.4 Å². The molecule has 1 saturated carbocycles. The maximum Gasteiger partial charge on any atom is 0.251 e. The smallest absolute Gasteiger partial charge is 0.251 e. The van der Waals surface area contributed by atoms with Gasteiger partial charge in [0.1, 0.15) is 5.82 Å². The van der Waals surface area contributed by atoms with Gasteiger partial charge in [0.2, 0.25) is 16.0 Å². The van der Waals surface area contributed by atoms with Gasteiger partial charge in [-0.2, -0.15) is 9.29 Å². The minimum atomic E-state index is -3.56. The zero-order valence-electron chi connectivity index (χ0n) is 23.9. The molecule has 9 nitrogen and oxygen atoms in total. The SMILES string of the molecule is CCCN(CCC)S(=O)(=O)c1ccc(C(=O)NC2CCC(Nc3nc4c(c(N(C)C)n3)CCCC4)CC2)cc1. The normalized spacial score (nSPS) is 19.4. The van der Waals surface area contributed by atoms with Crippen LogP contribution in [-0.2, 0) is 22.9 Å². The first-order valence-corrected chi connectivity index (χ1v) is 15.9. The standard InChI is InChI=1S/C29H44N6O3S/c1-5-19-35(20-6-2)39(37,38)24-17-11-21(12-18-24)28(36)30-22-13-15-23(16-14-22)31-29-32-26-10-8-7-9-25(26)27(33-29)34(3)4/h11-12,17-18,22-23H,5-10,13-16,19-20H2,1-4H3,(H,30,36)(H,31,32,33). The van der Waals surface area contributed by atoms with Gasteiger partial charge in [-0.15, -0.1) is 0 Å². The number of aromatic nitrogens is 2. The van der Waals surface area contributed by atoms with Crippen molar-refractivity contribution in [1.82, 2.24) is 19.6 Å². The second-order valence-electron chi connectivity index (χ2n) is 11.0. The van der Waals surface area contributed by atoms with Crippen molar-refractivity contribution in [3.63, 3.8) is 0 Å². The van der Waals surface area contributed by atoms with Crippen molar-refractivity contribution in [2.45, 2.75) is 95.0 Å². The highest BCUT2D eigenvalue weighted by Crippen LogP contribution is 2.29. The molecule has 1 aromatic heterocycles. The Bertz CT molecular complexity index is 1220. The minimum absolute atomic E-state index is 0.0883. The molecule has 39 heavy (non-hydrogen) atoms. The first-order valence-electron chi connectivity index (χ1n) is 14.5. The molecule has 4 rings (SSSR count). The molecule has 1 amide bonds. The number of hydrogen-bond acceptors (Lipinski definition) is 7. The number of fused-ring (bicyclic) bond motifs is 1. The third-order valence-corrected chi connectivity index (χ3v) is 9.59. The second-order valence-corrected chi connectivity index (χ2v) is 12.9. The zero-order chi connectivity index (χ0) is 28.0. The molecule has 2 aliphatic rings. The molecule has 0 saturated heterocycles. The lowest BCUT2D eigenvalue weighted by Gasteiger charge is -2.30. The average Bonchev–Trinajstić information content (AvgIpc) is 2.93. The Morgan fingerprint density at radius 1 is 0.923 bits per heavy atom. The average molecular weight is 557 g/mol. The highest BCUT2D eigenvalue weighted by atomic mass is 32.2. The summed E-state index contributed by atoms with van der Waals surface area (Å²) >= 11 is 0. The maximum atomic E-state index is 13.0. The molecular weight excluding hydrogens is 512 g/mol. The molecule has 1 heterocycles. The van der Waals surface area contributed by atoms with E-state index in [2.05, 4.69) is 15.5 Å². The van der Waals surface area contributed by atoms with Gasteiger partial charge in [-0.05, 0) is 88.5 Å². The van der Waals surface area contributed by atoms with Crippen LogP contribution in [0.5, 0.6) is 0 Å². The molecule has 0 bridgehead atoms. The Labute approximate surface area is 233 Å².